The zero-order valence-corrected chi connectivity index (χ0v) is 10.5. The SMILES string of the molecule is N#CC(C#N)=CNc1cccc(-c2ccc(F)cc2)c1. The van der Waals surface area contributed by atoms with Crippen molar-refractivity contribution >= 4 is 5.69 Å². The molecule has 0 heterocycles. The van der Waals surface area contributed by atoms with Crippen LogP contribution in [0.1, 0.15) is 0 Å². The van der Waals surface area contributed by atoms with Crippen LogP contribution in [-0.4, -0.2) is 0 Å². The molecule has 96 valence electrons. The second kappa shape index (κ2) is 6.17. The zero-order valence-electron chi connectivity index (χ0n) is 10.5. The minimum atomic E-state index is -0.279. The van der Waals surface area contributed by atoms with E-state index in [4.69, 9.17) is 10.5 Å². The largest absolute Gasteiger partial charge is 0.360 e. The number of hydrogen-bond acceptors (Lipinski definition) is 3. The molecule has 0 aromatic heterocycles. The first-order valence-corrected chi connectivity index (χ1v) is 5.86. The average Bonchev–Trinajstić information content (AvgIpc) is 2.49. The van der Waals surface area contributed by atoms with Gasteiger partial charge in [-0.1, -0.05) is 24.3 Å². The smallest absolute Gasteiger partial charge is 0.145 e. The van der Waals surface area contributed by atoms with Crippen LogP contribution in [0.3, 0.4) is 0 Å². The van der Waals surface area contributed by atoms with E-state index in [0.717, 1.165) is 16.8 Å². The van der Waals surface area contributed by atoms with Crippen LogP contribution in [0.4, 0.5) is 10.1 Å². The molecule has 2 aromatic carbocycles. The molecule has 0 aliphatic carbocycles. The van der Waals surface area contributed by atoms with Gasteiger partial charge in [0.05, 0.1) is 0 Å². The molecular formula is C16H10FN3. The van der Waals surface area contributed by atoms with Gasteiger partial charge in [-0.05, 0) is 35.4 Å². The number of benzene rings is 2. The minimum absolute atomic E-state index is 0.00261. The van der Waals surface area contributed by atoms with Crippen LogP contribution in [0.2, 0.25) is 0 Å². The van der Waals surface area contributed by atoms with Gasteiger partial charge >= 0.3 is 0 Å². The zero-order chi connectivity index (χ0) is 14.4. The quantitative estimate of drug-likeness (QED) is 0.856. The molecule has 0 amide bonds. The summed E-state index contributed by atoms with van der Waals surface area (Å²) >= 11 is 0. The summed E-state index contributed by atoms with van der Waals surface area (Å²) in [6.07, 6.45) is 1.35. The standard InChI is InChI=1S/C16H10FN3/c17-15-6-4-13(5-7-15)14-2-1-3-16(8-14)20-11-12(9-18)10-19/h1-8,11,20H. The maximum Gasteiger partial charge on any atom is 0.145 e. The molecule has 0 fully saturated rings. The maximum absolute atomic E-state index is 12.9. The lowest BCUT2D eigenvalue weighted by Gasteiger charge is -2.05. The summed E-state index contributed by atoms with van der Waals surface area (Å²) in [5.41, 5.74) is 2.55. The molecule has 0 spiro atoms. The highest BCUT2D eigenvalue weighted by Crippen LogP contribution is 2.23. The third-order valence-corrected chi connectivity index (χ3v) is 2.66. The minimum Gasteiger partial charge on any atom is -0.360 e. The van der Waals surface area contributed by atoms with Gasteiger partial charge in [-0.2, -0.15) is 10.5 Å². The van der Waals surface area contributed by atoms with Crippen molar-refractivity contribution in [3.63, 3.8) is 0 Å². The summed E-state index contributed by atoms with van der Waals surface area (Å²) in [6, 6.07) is 17.1. The van der Waals surface area contributed by atoms with Crippen LogP contribution in [0.5, 0.6) is 0 Å². The predicted molar refractivity (Wildman–Crippen MR) is 74.8 cm³/mol. The van der Waals surface area contributed by atoms with Crippen LogP contribution in [0, 0.1) is 28.5 Å². The average molecular weight is 263 g/mol. The van der Waals surface area contributed by atoms with Crippen molar-refractivity contribution in [2.75, 3.05) is 5.32 Å². The van der Waals surface area contributed by atoms with Crippen molar-refractivity contribution in [3.8, 4) is 23.3 Å². The number of nitriles is 2. The molecule has 0 aliphatic rings. The Hall–Kier alpha value is -3.11. The van der Waals surface area contributed by atoms with Crippen molar-refractivity contribution in [1.82, 2.24) is 0 Å². The highest BCUT2D eigenvalue weighted by atomic mass is 19.1. The number of rotatable bonds is 3. The second-order valence-electron chi connectivity index (χ2n) is 4.01. The second-order valence-corrected chi connectivity index (χ2v) is 4.01. The summed E-state index contributed by atoms with van der Waals surface area (Å²) in [5, 5.41) is 20.2. The molecule has 0 atom stereocenters. The molecule has 2 rings (SSSR count). The molecule has 0 bridgehead atoms. The van der Waals surface area contributed by atoms with E-state index >= 15 is 0 Å². The summed E-state index contributed by atoms with van der Waals surface area (Å²) in [7, 11) is 0. The summed E-state index contributed by atoms with van der Waals surface area (Å²) in [6.45, 7) is 0. The van der Waals surface area contributed by atoms with Gasteiger partial charge in [0, 0.05) is 11.9 Å². The van der Waals surface area contributed by atoms with Crippen LogP contribution in [-0.2, 0) is 0 Å². The van der Waals surface area contributed by atoms with Gasteiger partial charge < -0.3 is 5.32 Å². The Morgan fingerprint density at radius 2 is 1.70 bits per heavy atom. The topological polar surface area (TPSA) is 59.6 Å². The highest BCUT2D eigenvalue weighted by molar-refractivity contribution is 5.68. The molecule has 20 heavy (non-hydrogen) atoms. The van der Waals surface area contributed by atoms with Crippen molar-refractivity contribution in [1.29, 1.82) is 10.5 Å². The summed E-state index contributed by atoms with van der Waals surface area (Å²) < 4.78 is 12.9. The molecule has 3 nitrogen and oxygen atoms in total. The normalized spacial score (nSPS) is 9.15. The number of nitrogens with zero attached hydrogens (tertiary/aromatic N) is 2. The van der Waals surface area contributed by atoms with Crippen molar-refractivity contribution in [3.05, 3.63) is 66.1 Å². The van der Waals surface area contributed by atoms with Crippen molar-refractivity contribution in [2.24, 2.45) is 0 Å². The maximum atomic E-state index is 12.9. The lowest BCUT2D eigenvalue weighted by atomic mass is 10.1. The molecule has 0 unspecified atom stereocenters. The summed E-state index contributed by atoms with van der Waals surface area (Å²) in [4.78, 5) is 0. The monoisotopic (exact) mass is 263 g/mol. The Morgan fingerprint density at radius 1 is 1.00 bits per heavy atom. The van der Waals surface area contributed by atoms with Crippen molar-refractivity contribution in [2.45, 2.75) is 0 Å². The summed E-state index contributed by atoms with van der Waals surface area (Å²) in [5.74, 6) is -0.279. The Labute approximate surface area is 116 Å². The Morgan fingerprint density at radius 3 is 2.35 bits per heavy atom. The number of allylic oxidation sites excluding steroid dienone is 1. The fraction of sp³-hybridized carbons (Fsp3) is 0. The first kappa shape index (κ1) is 13.3. The van der Waals surface area contributed by atoms with E-state index in [2.05, 4.69) is 5.32 Å². The van der Waals surface area contributed by atoms with E-state index in [1.807, 2.05) is 24.3 Å². The number of hydrogen-bond donors (Lipinski definition) is 1. The molecule has 0 aliphatic heterocycles. The first-order valence-electron chi connectivity index (χ1n) is 5.86. The predicted octanol–water partition coefficient (Wildman–Crippen LogP) is 3.84. The third-order valence-electron chi connectivity index (χ3n) is 2.66. The van der Waals surface area contributed by atoms with Crippen LogP contribution in [0.15, 0.2) is 60.3 Å². The lowest BCUT2D eigenvalue weighted by Crippen LogP contribution is -1.90. The van der Waals surface area contributed by atoms with Gasteiger partial charge in [-0.3, -0.25) is 0 Å². The number of nitrogens with one attached hydrogen (secondary N) is 1. The van der Waals surface area contributed by atoms with E-state index in [-0.39, 0.29) is 11.4 Å². The van der Waals surface area contributed by atoms with E-state index < -0.39 is 0 Å². The number of anilines is 1. The van der Waals surface area contributed by atoms with E-state index in [1.54, 1.807) is 24.3 Å². The van der Waals surface area contributed by atoms with Crippen LogP contribution >= 0.6 is 0 Å². The van der Waals surface area contributed by atoms with Crippen molar-refractivity contribution < 1.29 is 4.39 Å². The molecular weight excluding hydrogens is 253 g/mol. The fourth-order valence-corrected chi connectivity index (χ4v) is 1.68. The Balaban J connectivity index is 2.25. The molecule has 4 heteroatoms. The van der Waals surface area contributed by atoms with Gasteiger partial charge in [0.1, 0.15) is 23.5 Å². The van der Waals surface area contributed by atoms with Crippen LogP contribution in [0.25, 0.3) is 11.1 Å². The molecule has 0 saturated heterocycles. The Kier molecular flexibility index (Phi) is 4.11. The van der Waals surface area contributed by atoms with Crippen LogP contribution < -0.4 is 5.32 Å². The van der Waals surface area contributed by atoms with E-state index in [0.29, 0.717) is 0 Å². The molecule has 0 saturated carbocycles. The Bertz CT molecular complexity index is 703. The highest BCUT2D eigenvalue weighted by Gasteiger charge is 1.99. The fourth-order valence-electron chi connectivity index (χ4n) is 1.68. The third kappa shape index (κ3) is 3.22. The van der Waals surface area contributed by atoms with E-state index in [9.17, 15) is 4.39 Å². The lowest BCUT2D eigenvalue weighted by molar-refractivity contribution is 0.628. The van der Waals surface area contributed by atoms with Gasteiger partial charge in [-0.25, -0.2) is 4.39 Å². The van der Waals surface area contributed by atoms with Gasteiger partial charge in [0.2, 0.25) is 0 Å². The van der Waals surface area contributed by atoms with E-state index in [1.165, 1.54) is 18.3 Å². The first-order chi connectivity index (χ1) is 9.72. The van der Waals surface area contributed by atoms with Gasteiger partial charge in [0.25, 0.3) is 0 Å². The molecule has 1 N–H and O–H groups in total. The molecule has 0 radical (unpaired) electrons. The van der Waals surface area contributed by atoms with Gasteiger partial charge in [0.15, 0.2) is 0 Å². The molecule has 2 aromatic rings. The number of halogens is 1. The van der Waals surface area contributed by atoms with Gasteiger partial charge in [-0.15, -0.1) is 0 Å².